The van der Waals surface area contributed by atoms with Crippen LogP contribution in [0, 0.1) is 0 Å². The van der Waals surface area contributed by atoms with Crippen molar-refractivity contribution in [2.75, 3.05) is 36.4 Å². The number of amides is 1. The number of anilines is 2. The van der Waals surface area contributed by atoms with Crippen LogP contribution in [0.4, 0.5) is 11.4 Å². The Morgan fingerprint density at radius 1 is 1.13 bits per heavy atom. The van der Waals surface area contributed by atoms with Gasteiger partial charge < -0.3 is 20.1 Å². The van der Waals surface area contributed by atoms with Crippen molar-refractivity contribution < 1.29 is 4.79 Å². The number of aryl methyl sites for hydroxylation is 1. The predicted octanol–water partition coefficient (Wildman–Crippen LogP) is 3.96. The van der Waals surface area contributed by atoms with Gasteiger partial charge in [-0.15, -0.1) is 11.3 Å². The van der Waals surface area contributed by atoms with Crippen LogP contribution in [0.2, 0.25) is 0 Å². The van der Waals surface area contributed by atoms with Crippen LogP contribution < -0.4 is 15.5 Å². The fraction of sp³-hybridized carbons (Fsp3) is 0.217. The summed E-state index contributed by atoms with van der Waals surface area (Å²) in [4.78, 5) is 19.8. The van der Waals surface area contributed by atoms with Gasteiger partial charge in [-0.05, 0) is 36.4 Å². The van der Waals surface area contributed by atoms with E-state index in [1.165, 1.54) is 22.2 Å². The van der Waals surface area contributed by atoms with Crippen LogP contribution in [0.15, 0.2) is 60.1 Å². The molecular weight excluding hydrogens is 394 g/mol. The van der Waals surface area contributed by atoms with Crippen molar-refractivity contribution in [1.29, 1.82) is 0 Å². The van der Waals surface area contributed by atoms with Crippen LogP contribution in [-0.2, 0) is 7.05 Å². The Bertz CT molecular complexity index is 1210. The normalized spacial score (nSPS) is 14.2. The Morgan fingerprint density at radius 2 is 1.97 bits per heavy atom. The summed E-state index contributed by atoms with van der Waals surface area (Å²) in [5.74, 6) is -0.180. The quantitative estimate of drug-likeness (QED) is 0.528. The summed E-state index contributed by atoms with van der Waals surface area (Å²) in [5, 5.41) is 10.3. The van der Waals surface area contributed by atoms with Gasteiger partial charge in [0, 0.05) is 61.3 Å². The molecule has 0 atom stereocenters. The molecule has 0 bridgehead atoms. The molecule has 1 amide bonds. The molecule has 30 heavy (non-hydrogen) atoms. The number of thiazole rings is 1. The summed E-state index contributed by atoms with van der Waals surface area (Å²) >= 11 is 1.49. The molecule has 1 fully saturated rings. The minimum Gasteiger partial charge on any atom is -0.367 e. The third-order valence-corrected chi connectivity index (χ3v) is 6.37. The number of nitrogens with one attached hydrogen (secondary N) is 2. The molecule has 0 spiro atoms. The first kappa shape index (κ1) is 18.8. The smallest absolute Gasteiger partial charge is 0.275 e. The first-order valence-electron chi connectivity index (χ1n) is 10.1. The van der Waals surface area contributed by atoms with E-state index in [1.807, 2.05) is 36.8 Å². The largest absolute Gasteiger partial charge is 0.367 e. The van der Waals surface area contributed by atoms with Crippen LogP contribution in [0.25, 0.3) is 21.5 Å². The first-order chi connectivity index (χ1) is 14.7. The van der Waals surface area contributed by atoms with Gasteiger partial charge in [-0.3, -0.25) is 4.79 Å². The van der Waals surface area contributed by atoms with Gasteiger partial charge in [0.05, 0.1) is 11.4 Å². The van der Waals surface area contributed by atoms with E-state index >= 15 is 0 Å². The van der Waals surface area contributed by atoms with Crippen LogP contribution in [0.3, 0.4) is 0 Å². The van der Waals surface area contributed by atoms with E-state index in [0.717, 1.165) is 48.1 Å². The van der Waals surface area contributed by atoms with E-state index in [1.54, 1.807) is 0 Å². The standard InChI is InChI=1S/C23H23N5OS/c1-27-11-8-16-14-17(6-7-20(16)27)23-26-19(15-30-23)22(29)25-18-4-2-3-5-21(18)28-12-9-24-10-13-28/h2-8,11,14-15,24H,9-10,12-13H2,1H3,(H,25,29). The van der Waals surface area contributed by atoms with Crippen molar-refractivity contribution in [3.05, 3.63) is 65.8 Å². The van der Waals surface area contributed by atoms with Crippen LogP contribution in [0.5, 0.6) is 0 Å². The van der Waals surface area contributed by atoms with E-state index in [0.29, 0.717) is 5.69 Å². The van der Waals surface area contributed by atoms with Gasteiger partial charge in [0.15, 0.2) is 0 Å². The lowest BCUT2D eigenvalue weighted by Crippen LogP contribution is -2.43. The molecule has 3 heterocycles. The highest BCUT2D eigenvalue weighted by Crippen LogP contribution is 2.29. The van der Waals surface area contributed by atoms with E-state index < -0.39 is 0 Å². The van der Waals surface area contributed by atoms with Gasteiger partial charge in [-0.2, -0.15) is 0 Å². The summed E-state index contributed by atoms with van der Waals surface area (Å²) in [7, 11) is 2.03. The summed E-state index contributed by atoms with van der Waals surface area (Å²) < 4.78 is 2.09. The van der Waals surface area contributed by atoms with Gasteiger partial charge in [0.2, 0.25) is 0 Å². The highest BCUT2D eigenvalue weighted by molar-refractivity contribution is 7.13. The molecule has 2 aromatic heterocycles. The minimum atomic E-state index is -0.180. The highest BCUT2D eigenvalue weighted by Gasteiger charge is 2.17. The van der Waals surface area contributed by atoms with Crippen molar-refractivity contribution in [2.45, 2.75) is 0 Å². The maximum Gasteiger partial charge on any atom is 0.275 e. The van der Waals surface area contributed by atoms with Crippen LogP contribution in [0.1, 0.15) is 10.5 Å². The van der Waals surface area contributed by atoms with Crippen LogP contribution in [-0.4, -0.2) is 41.6 Å². The molecule has 4 aromatic rings. The van der Waals surface area contributed by atoms with Gasteiger partial charge in [-0.25, -0.2) is 4.98 Å². The van der Waals surface area contributed by atoms with Crippen molar-refractivity contribution in [3.63, 3.8) is 0 Å². The molecule has 152 valence electrons. The second-order valence-corrected chi connectivity index (χ2v) is 8.30. The van der Waals surface area contributed by atoms with Crippen LogP contribution >= 0.6 is 11.3 Å². The summed E-state index contributed by atoms with van der Waals surface area (Å²) in [6, 6.07) is 16.3. The van der Waals surface area contributed by atoms with Gasteiger partial charge in [-0.1, -0.05) is 12.1 Å². The maximum atomic E-state index is 12.9. The number of para-hydroxylation sites is 2. The minimum absolute atomic E-state index is 0.180. The second kappa shape index (κ2) is 7.93. The molecule has 0 radical (unpaired) electrons. The zero-order valence-electron chi connectivity index (χ0n) is 16.8. The third kappa shape index (κ3) is 3.58. The molecule has 2 N–H and O–H groups in total. The van der Waals surface area contributed by atoms with E-state index in [4.69, 9.17) is 0 Å². The highest BCUT2D eigenvalue weighted by atomic mass is 32.1. The number of carbonyl (C=O) groups is 1. The molecule has 0 unspecified atom stereocenters. The SMILES string of the molecule is Cn1ccc2cc(-c3nc(C(=O)Nc4ccccc4N4CCNCC4)cs3)ccc21. The van der Waals surface area contributed by atoms with Crippen molar-refractivity contribution in [3.8, 4) is 10.6 Å². The molecule has 1 aliphatic rings. The molecule has 7 heteroatoms. The molecule has 1 saturated heterocycles. The Hall–Kier alpha value is -3.16. The zero-order valence-corrected chi connectivity index (χ0v) is 17.6. The maximum absolute atomic E-state index is 12.9. The second-order valence-electron chi connectivity index (χ2n) is 7.45. The number of aromatic nitrogens is 2. The third-order valence-electron chi connectivity index (χ3n) is 5.48. The van der Waals surface area contributed by atoms with Gasteiger partial charge in [0.25, 0.3) is 5.91 Å². The predicted molar refractivity (Wildman–Crippen MR) is 124 cm³/mol. The average Bonchev–Trinajstić information content (AvgIpc) is 3.42. The number of benzene rings is 2. The lowest BCUT2D eigenvalue weighted by molar-refractivity contribution is 0.102. The average molecular weight is 418 g/mol. The number of rotatable bonds is 4. The lowest BCUT2D eigenvalue weighted by atomic mass is 10.1. The number of hydrogen-bond acceptors (Lipinski definition) is 5. The van der Waals surface area contributed by atoms with Crippen molar-refractivity contribution >= 4 is 39.5 Å². The fourth-order valence-corrected chi connectivity index (χ4v) is 4.67. The topological polar surface area (TPSA) is 62.2 Å². The lowest BCUT2D eigenvalue weighted by Gasteiger charge is -2.31. The van der Waals surface area contributed by atoms with Crippen molar-refractivity contribution in [1.82, 2.24) is 14.9 Å². The van der Waals surface area contributed by atoms with Crippen molar-refractivity contribution in [2.24, 2.45) is 7.05 Å². The molecule has 1 aliphatic heterocycles. The number of nitrogens with zero attached hydrogens (tertiary/aromatic N) is 3. The molecular formula is C23H23N5OS. The Kier molecular flexibility index (Phi) is 4.98. The van der Waals surface area contributed by atoms with E-state index in [2.05, 4.69) is 55.4 Å². The summed E-state index contributed by atoms with van der Waals surface area (Å²) in [5.41, 5.74) is 4.53. The molecule has 6 nitrogen and oxygen atoms in total. The number of hydrogen-bond donors (Lipinski definition) is 2. The summed E-state index contributed by atoms with van der Waals surface area (Å²) in [6.45, 7) is 3.75. The monoisotopic (exact) mass is 417 g/mol. The Labute approximate surface area is 179 Å². The summed E-state index contributed by atoms with van der Waals surface area (Å²) in [6.07, 6.45) is 2.05. The molecule has 0 aliphatic carbocycles. The Morgan fingerprint density at radius 3 is 2.83 bits per heavy atom. The number of fused-ring (bicyclic) bond motifs is 1. The molecule has 0 saturated carbocycles. The first-order valence-corrected chi connectivity index (χ1v) is 10.9. The molecule has 2 aromatic carbocycles. The zero-order chi connectivity index (χ0) is 20.5. The fourth-order valence-electron chi connectivity index (χ4n) is 3.87. The van der Waals surface area contributed by atoms with E-state index in [-0.39, 0.29) is 5.91 Å². The van der Waals surface area contributed by atoms with E-state index in [9.17, 15) is 4.79 Å². The Balaban J connectivity index is 1.37. The molecule has 5 rings (SSSR count). The van der Waals surface area contributed by atoms with Gasteiger partial charge >= 0.3 is 0 Å². The van der Waals surface area contributed by atoms with Gasteiger partial charge in [0.1, 0.15) is 10.7 Å². The number of piperazine rings is 1. The number of carbonyl (C=O) groups excluding carboxylic acids is 1.